The molecule has 0 saturated carbocycles. The Hall–Kier alpha value is -1.95. The van der Waals surface area contributed by atoms with Gasteiger partial charge in [-0.25, -0.2) is 9.97 Å². The molecule has 0 spiro atoms. The summed E-state index contributed by atoms with van der Waals surface area (Å²) in [5.74, 6) is 0.706. The molecule has 3 rings (SSSR count). The summed E-state index contributed by atoms with van der Waals surface area (Å²) in [4.78, 5) is 11.3. The number of aromatic amines is 1. The lowest BCUT2D eigenvalue weighted by Gasteiger charge is -2.29. The first-order valence-electron chi connectivity index (χ1n) is 7.01. The van der Waals surface area contributed by atoms with Gasteiger partial charge in [0, 0.05) is 23.5 Å². The highest BCUT2D eigenvalue weighted by Crippen LogP contribution is 2.20. The number of piperidine rings is 1. The SMILES string of the molecule is Cc1[nH]ncc1-c1ccnc(NC2CCN(C)CC2)n1. The zero-order valence-corrected chi connectivity index (χ0v) is 11.9. The van der Waals surface area contributed by atoms with Gasteiger partial charge in [-0.1, -0.05) is 0 Å². The summed E-state index contributed by atoms with van der Waals surface area (Å²) in [6, 6.07) is 2.38. The minimum atomic E-state index is 0.465. The number of hydrogen-bond acceptors (Lipinski definition) is 5. The van der Waals surface area contributed by atoms with Gasteiger partial charge >= 0.3 is 0 Å². The van der Waals surface area contributed by atoms with Crippen molar-refractivity contribution in [2.24, 2.45) is 0 Å². The molecule has 0 amide bonds. The van der Waals surface area contributed by atoms with Crippen LogP contribution in [0.4, 0.5) is 5.95 Å². The summed E-state index contributed by atoms with van der Waals surface area (Å²) in [5.41, 5.74) is 2.95. The second-order valence-corrected chi connectivity index (χ2v) is 5.40. The average Bonchev–Trinajstić information content (AvgIpc) is 2.88. The van der Waals surface area contributed by atoms with Gasteiger partial charge in [0.15, 0.2) is 0 Å². The molecule has 106 valence electrons. The molecule has 1 fully saturated rings. The molecule has 0 atom stereocenters. The minimum Gasteiger partial charge on any atom is -0.351 e. The second-order valence-electron chi connectivity index (χ2n) is 5.40. The van der Waals surface area contributed by atoms with E-state index in [0.717, 1.165) is 42.9 Å². The van der Waals surface area contributed by atoms with Crippen molar-refractivity contribution in [3.8, 4) is 11.3 Å². The van der Waals surface area contributed by atoms with E-state index in [1.807, 2.05) is 13.0 Å². The molecular weight excluding hydrogens is 252 g/mol. The van der Waals surface area contributed by atoms with Crippen molar-refractivity contribution in [2.75, 3.05) is 25.5 Å². The second kappa shape index (κ2) is 5.58. The van der Waals surface area contributed by atoms with Gasteiger partial charge in [0.2, 0.25) is 5.95 Å². The Labute approximate surface area is 118 Å². The largest absolute Gasteiger partial charge is 0.351 e. The van der Waals surface area contributed by atoms with Crippen LogP contribution >= 0.6 is 0 Å². The molecule has 6 nitrogen and oxygen atoms in total. The fourth-order valence-electron chi connectivity index (χ4n) is 2.52. The Morgan fingerprint density at radius 1 is 1.35 bits per heavy atom. The molecule has 2 aromatic rings. The first kappa shape index (κ1) is 13.1. The number of likely N-dealkylation sites (tertiary alicyclic amines) is 1. The van der Waals surface area contributed by atoms with Crippen LogP contribution in [0.2, 0.25) is 0 Å². The minimum absolute atomic E-state index is 0.465. The highest BCUT2D eigenvalue weighted by molar-refractivity contribution is 5.61. The predicted octanol–water partition coefficient (Wildman–Crippen LogP) is 1.68. The van der Waals surface area contributed by atoms with Crippen LogP contribution in [-0.2, 0) is 0 Å². The molecule has 0 aliphatic carbocycles. The van der Waals surface area contributed by atoms with Crippen molar-refractivity contribution in [1.82, 2.24) is 25.1 Å². The third kappa shape index (κ3) is 2.80. The third-order valence-corrected chi connectivity index (χ3v) is 3.81. The van der Waals surface area contributed by atoms with Gasteiger partial charge in [0.05, 0.1) is 11.9 Å². The molecule has 6 heteroatoms. The summed E-state index contributed by atoms with van der Waals surface area (Å²) < 4.78 is 0. The molecule has 1 aliphatic rings. The maximum absolute atomic E-state index is 4.59. The van der Waals surface area contributed by atoms with E-state index < -0.39 is 0 Å². The smallest absolute Gasteiger partial charge is 0.223 e. The van der Waals surface area contributed by atoms with Gasteiger partial charge in [-0.2, -0.15) is 5.10 Å². The normalized spacial score (nSPS) is 17.3. The quantitative estimate of drug-likeness (QED) is 0.889. The third-order valence-electron chi connectivity index (χ3n) is 3.81. The van der Waals surface area contributed by atoms with Crippen LogP contribution in [0.3, 0.4) is 0 Å². The molecule has 0 unspecified atom stereocenters. The molecule has 1 saturated heterocycles. The van der Waals surface area contributed by atoms with Crippen LogP contribution in [0.15, 0.2) is 18.5 Å². The predicted molar refractivity (Wildman–Crippen MR) is 78.5 cm³/mol. The van der Waals surface area contributed by atoms with E-state index in [0.29, 0.717) is 12.0 Å². The van der Waals surface area contributed by atoms with Crippen LogP contribution in [0.5, 0.6) is 0 Å². The molecule has 0 radical (unpaired) electrons. The summed E-state index contributed by atoms with van der Waals surface area (Å²) in [6.45, 7) is 4.24. The highest BCUT2D eigenvalue weighted by atomic mass is 15.2. The van der Waals surface area contributed by atoms with Gasteiger partial charge in [-0.15, -0.1) is 0 Å². The average molecular weight is 272 g/mol. The molecule has 2 N–H and O–H groups in total. The van der Waals surface area contributed by atoms with Gasteiger partial charge in [-0.05, 0) is 46.0 Å². The van der Waals surface area contributed by atoms with Crippen molar-refractivity contribution in [1.29, 1.82) is 0 Å². The van der Waals surface area contributed by atoms with E-state index in [4.69, 9.17) is 0 Å². The Bertz CT molecular complexity index is 571. The van der Waals surface area contributed by atoms with Crippen LogP contribution in [0.25, 0.3) is 11.3 Å². The van der Waals surface area contributed by atoms with Crippen molar-refractivity contribution < 1.29 is 0 Å². The summed E-state index contributed by atoms with van der Waals surface area (Å²) in [6.07, 6.45) is 5.87. The lowest BCUT2D eigenvalue weighted by molar-refractivity contribution is 0.263. The highest BCUT2D eigenvalue weighted by Gasteiger charge is 2.17. The van der Waals surface area contributed by atoms with Gasteiger partial charge in [0.1, 0.15) is 0 Å². The fraction of sp³-hybridized carbons (Fsp3) is 0.500. The number of H-pyrrole nitrogens is 1. The van der Waals surface area contributed by atoms with E-state index >= 15 is 0 Å². The Kier molecular flexibility index (Phi) is 3.64. The molecular formula is C14H20N6. The Morgan fingerprint density at radius 3 is 2.85 bits per heavy atom. The van der Waals surface area contributed by atoms with Crippen LogP contribution in [-0.4, -0.2) is 51.2 Å². The van der Waals surface area contributed by atoms with E-state index in [9.17, 15) is 0 Å². The number of nitrogens with one attached hydrogen (secondary N) is 2. The van der Waals surface area contributed by atoms with Gasteiger partial charge in [0.25, 0.3) is 0 Å². The van der Waals surface area contributed by atoms with Crippen LogP contribution in [0.1, 0.15) is 18.5 Å². The number of aromatic nitrogens is 4. The van der Waals surface area contributed by atoms with Gasteiger partial charge in [-0.3, -0.25) is 5.10 Å². The number of aryl methyl sites for hydroxylation is 1. The van der Waals surface area contributed by atoms with Crippen molar-refractivity contribution in [2.45, 2.75) is 25.8 Å². The molecule has 0 aromatic carbocycles. The van der Waals surface area contributed by atoms with E-state index in [2.05, 4.69) is 37.4 Å². The van der Waals surface area contributed by atoms with E-state index in [-0.39, 0.29) is 0 Å². The lowest BCUT2D eigenvalue weighted by Crippen LogP contribution is -2.37. The van der Waals surface area contributed by atoms with Crippen molar-refractivity contribution in [3.05, 3.63) is 24.2 Å². The summed E-state index contributed by atoms with van der Waals surface area (Å²) in [7, 11) is 2.16. The van der Waals surface area contributed by atoms with E-state index in [1.54, 1.807) is 12.4 Å². The standard InChI is InChI=1S/C14H20N6/c1-10-12(9-16-19-10)13-3-6-15-14(18-13)17-11-4-7-20(2)8-5-11/h3,6,9,11H,4-5,7-8H2,1-2H3,(H,16,19)(H,15,17,18). The van der Waals surface area contributed by atoms with Gasteiger partial charge < -0.3 is 10.2 Å². The van der Waals surface area contributed by atoms with Crippen molar-refractivity contribution in [3.63, 3.8) is 0 Å². The zero-order valence-electron chi connectivity index (χ0n) is 11.9. The molecule has 2 aromatic heterocycles. The summed E-state index contributed by atoms with van der Waals surface area (Å²) in [5, 5.41) is 10.4. The first-order valence-corrected chi connectivity index (χ1v) is 7.01. The monoisotopic (exact) mass is 272 g/mol. The topological polar surface area (TPSA) is 69.7 Å². The van der Waals surface area contributed by atoms with E-state index in [1.165, 1.54) is 0 Å². The lowest BCUT2D eigenvalue weighted by atomic mass is 10.1. The Balaban J connectivity index is 1.73. The summed E-state index contributed by atoms with van der Waals surface area (Å²) >= 11 is 0. The zero-order chi connectivity index (χ0) is 13.9. The molecule has 3 heterocycles. The maximum Gasteiger partial charge on any atom is 0.223 e. The number of anilines is 1. The Morgan fingerprint density at radius 2 is 2.15 bits per heavy atom. The number of hydrogen-bond donors (Lipinski definition) is 2. The number of nitrogens with zero attached hydrogens (tertiary/aromatic N) is 4. The van der Waals surface area contributed by atoms with Crippen LogP contribution < -0.4 is 5.32 Å². The first-order chi connectivity index (χ1) is 9.72. The molecule has 20 heavy (non-hydrogen) atoms. The molecule has 1 aliphatic heterocycles. The number of rotatable bonds is 3. The molecule has 0 bridgehead atoms. The van der Waals surface area contributed by atoms with Crippen LogP contribution in [0, 0.1) is 6.92 Å². The van der Waals surface area contributed by atoms with Crippen molar-refractivity contribution >= 4 is 5.95 Å². The fourth-order valence-corrected chi connectivity index (χ4v) is 2.52. The maximum atomic E-state index is 4.59.